The largest absolute Gasteiger partial charge is 0.469 e. The number of sulfonamides is 1. The summed E-state index contributed by atoms with van der Waals surface area (Å²) in [6.45, 7) is 4.96. The van der Waals surface area contributed by atoms with Crippen LogP contribution >= 0.6 is 11.8 Å². The quantitative estimate of drug-likeness (QED) is 0.501. The number of morpholine rings is 1. The van der Waals surface area contributed by atoms with Crippen LogP contribution in [0.3, 0.4) is 0 Å². The van der Waals surface area contributed by atoms with Crippen molar-refractivity contribution in [3.05, 3.63) is 42.4 Å². The Bertz CT molecular complexity index is 1250. The van der Waals surface area contributed by atoms with Gasteiger partial charge in [0.15, 0.2) is 11.0 Å². The maximum atomic E-state index is 12.9. The van der Waals surface area contributed by atoms with E-state index in [0.717, 1.165) is 11.3 Å². The van der Waals surface area contributed by atoms with Crippen LogP contribution < -0.4 is 5.32 Å². The zero-order valence-electron chi connectivity index (χ0n) is 18.5. The molecule has 0 aliphatic carbocycles. The highest BCUT2D eigenvalue weighted by molar-refractivity contribution is 8.00. The number of carbonyl (C=O) groups excluding carboxylic acids is 1. The molecule has 1 aromatic carbocycles. The zero-order chi connectivity index (χ0) is 23.6. The minimum Gasteiger partial charge on any atom is -0.469 e. The summed E-state index contributed by atoms with van der Waals surface area (Å²) in [4.78, 5) is 12.9. The number of furan rings is 1. The van der Waals surface area contributed by atoms with Crippen molar-refractivity contribution in [1.82, 2.24) is 19.1 Å². The van der Waals surface area contributed by atoms with Crippen LogP contribution in [0.1, 0.15) is 12.7 Å². The van der Waals surface area contributed by atoms with Gasteiger partial charge in [-0.15, -0.1) is 10.2 Å². The molecular formula is C21H25N5O5S2. The molecule has 1 aliphatic heterocycles. The number of nitrogens with one attached hydrogen (secondary N) is 1. The number of rotatable bonds is 7. The third-order valence-electron chi connectivity index (χ3n) is 5.30. The number of anilines is 1. The molecule has 1 unspecified atom stereocenters. The Kier molecular flexibility index (Phi) is 6.88. The van der Waals surface area contributed by atoms with Crippen molar-refractivity contribution in [2.45, 2.75) is 29.1 Å². The molecular weight excluding hydrogens is 466 g/mol. The van der Waals surface area contributed by atoms with Gasteiger partial charge >= 0.3 is 0 Å². The second kappa shape index (κ2) is 9.67. The van der Waals surface area contributed by atoms with Crippen LogP contribution in [-0.4, -0.2) is 64.9 Å². The fourth-order valence-electron chi connectivity index (χ4n) is 3.39. The second-order valence-electron chi connectivity index (χ2n) is 7.55. The van der Waals surface area contributed by atoms with E-state index < -0.39 is 15.3 Å². The van der Waals surface area contributed by atoms with Crippen molar-refractivity contribution < 1.29 is 22.4 Å². The van der Waals surface area contributed by atoms with E-state index in [0.29, 0.717) is 43.0 Å². The van der Waals surface area contributed by atoms with Crippen LogP contribution in [0.25, 0.3) is 11.4 Å². The van der Waals surface area contributed by atoms with Crippen LogP contribution in [0.4, 0.5) is 5.69 Å². The monoisotopic (exact) mass is 491 g/mol. The van der Waals surface area contributed by atoms with E-state index in [1.54, 1.807) is 25.3 Å². The topological polar surface area (TPSA) is 120 Å². The molecule has 1 fully saturated rings. The van der Waals surface area contributed by atoms with Crippen LogP contribution in [0.15, 0.2) is 51.1 Å². The highest BCUT2D eigenvalue weighted by Gasteiger charge is 2.27. The number of thioether (sulfide) groups is 1. The predicted octanol–water partition coefficient (Wildman–Crippen LogP) is 2.52. The van der Waals surface area contributed by atoms with E-state index in [2.05, 4.69) is 15.5 Å². The summed E-state index contributed by atoms with van der Waals surface area (Å²) in [5.41, 5.74) is 1.25. The second-order valence-corrected chi connectivity index (χ2v) is 10.8. The Morgan fingerprint density at radius 3 is 2.67 bits per heavy atom. The number of hydrogen-bond donors (Lipinski definition) is 1. The van der Waals surface area contributed by atoms with Crippen molar-refractivity contribution in [3.8, 4) is 11.4 Å². The molecule has 2 aromatic heterocycles. The molecule has 33 heavy (non-hydrogen) atoms. The van der Waals surface area contributed by atoms with Gasteiger partial charge in [-0.1, -0.05) is 17.8 Å². The van der Waals surface area contributed by atoms with E-state index in [1.807, 2.05) is 24.6 Å². The van der Waals surface area contributed by atoms with Crippen molar-refractivity contribution in [2.24, 2.45) is 7.05 Å². The Morgan fingerprint density at radius 2 is 1.97 bits per heavy atom. The average Bonchev–Trinajstić information content (AvgIpc) is 3.39. The maximum Gasteiger partial charge on any atom is 0.243 e. The van der Waals surface area contributed by atoms with E-state index in [9.17, 15) is 13.2 Å². The zero-order valence-corrected chi connectivity index (χ0v) is 20.1. The van der Waals surface area contributed by atoms with Gasteiger partial charge in [-0.2, -0.15) is 4.31 Å². The molecule has 1 saturated heterocycles. The Hall–Kier alpha value is -2.67. The van der Waals surface area contributed by atoms with E-state index in [1.165, 1.54) is 28.2 Å². The van der Waals surface area contributed by atoms with Gasteiger partial charge in [0.25, 0.3) is 0 Å². The predicted molar refractivity (Wildman–Crippen MR) is 123 cm³/mol. The molecule has 1 aliphatic rings. The van der Waals surface area contributed by atoms with Crippen LogP contribution in [0.2, 0.25) is 0 Å². The summed E-state index contributed by atoms with van der Waals surface area (Å²) in [5, 5.41) is 11.3. The third kappa shape index (κ3) is 4.98. The minimum atomic E-state index is -3.65. The summed E-state index contributed by atoms with van der Waals surface area (Å²) in [5.74, 6) is 1.11. The van der Waals surface area contributed by atoms with Gasteiger partial charge in [-0.3, -0.25) is 4.79 Å². The molecule has 0 radical (unpaired) electrons. The van der Waals surface area contributed by atoms with Gasteiger partial charge in [0.1, 0.15) is 5.76 Å². The molecule has 10 nitrogen and oxygen atoms in total. The highest BCUT2D eigenvalue weighted by atomic mass is 32.2. The number of aryl methyl sites for hydroxylation is 1. The van der Waals surface area contributed by atoms with Crippen LogP contribution in [-0.2, 0) is 26.6 Å². The maximum absolute atomic E-state index is 12.9. The molecule has 12 heteroatoms. The highest BCUT2D eigenvalue weighted by Crippen LogP contribution is 2.28. The van der Waals surface area contributed by atoms with Crippen LogP contribution in [0, 0.1) is 6.92 Å². The van der Waals surface area contributed by atoms with E-state index in [4.69, 9.17) is 9.15 Å². The van der Waals surface area contributed by atoms with Gasteiger partial charge in [-0.25, -0.2) is 8.42 Å². The number of benzene rings is 1. The standard InChI is InChI=1S/C21H25N5O5S2/c1-14-18(7-10-31-14)19-23-24-21(25(19)3)32-15(2)20(27)22-16-5-4-6-17(13-16)33(28,29)26-8-11-30-12-9-26/h4-7,10,13,15H,8-9,11-12H2,1-3H3,(H,22,27). The summed E-state index contributed by atoms with van der Waals surface area (Å²) in [7, 11) is -1.82. The molecule has 0 spiro atoms. The van der Waals surface area contributed by atoms with Gasteiger partial charge in [0.05, 0.1) is 35.2 Å². The van der Waals surface area contributed by atoms with Crippen molar-refractivity contribution >= 4 is 33.4 Å². The van der Waals surface area contributed by atoms with Crippen molar-refractivity contribution in [3.63, 3.8) is 0 Å². The number of nitrogens with zero attached hydrogens (tertiary/aromatic N) is 4. The number of carbonyl (C=O) groups is 1. The summed E-state index contributed by atoms with van der Waals surface area (Å²) in [6.07, 6.45) is 1.59. The first-order chi connectivity index (χ1) is 15.8. The van der Waals surface area contributed by atoms with E-state index >= 15 is 0 Å². The Balaban J connectivity index is 1.44. The SMILES string of the molecule is Cc1occc1-c1nnc(SC(C)C(=O)Nc2cccc(S(=O)(=O)N3CCOCC3)c2)n1C. The molecule has 1 amide bonds. The number of ether oxygens (including phenoxy) is 1. The van der Waals surface area contributed by atoms with Gasteiger partial charge in [0, 0.05) is 25.8 Å². The summed E-state index contributed by atoms with van der Waals surface area (Å²) in [6, 6.07) is 8.10. The molecule has 1 N–H and O–H groups in total. The molecule has 176 valence electrons. The summed E-state index contributed by atoms with van der Waals surface area (Å²) < 4.78 is 39.6. The fourth-order valence-corrected chi connectivity index (χ4v) is 5.66. The molecule has 0 saturated carbocycles. The molecule has 3 heterocycles. The van der Waals surface area contributed by atoms with Gasteiger partial charge < -0.3 is 19.0 Å². The molecule has 3 aromatic rings. The minimum absolute atomic E-state index is 0.135. The van der Waals surface area contributed by atoms with E-state index in [-0.39, 0.29) is 10.8 Å². The smallest absolute Gasteiger partial charge is 0.243 e. The first-order valence-electron chi connectivity index (χ1n) is 10.4. The number of aromatic nitrogens is 3. The lowest BCUT2D eigenvalue weighted by Gasteiger charge is -2.26. The lowest BCUT2D eigenvalue weighted by atomic mass is 10.2. The number of amides is 1. The number of hydrogen-bond acceptors (Lipinski definition) is 8. The lowest BCUT2D eigenvalue weighted by Crippen LogP contribution is -2.40. The van der Waals surface area contributed by atoms with Gasteiger partial charge in [0.2, 0.25) is 15.9 Å². The summed E-state index contributed by atoms with van der Waals surface area (Å²) >= 11 is 1.26. The average molecular weight is 492 g/mol. The molecule has 4 rings (SSSR count). The van der Waals surface area contributed by atoms with Crippen LogP contribution in [0.5, 0.6) is 0 Å². The molecule has 0 bridgehead atoms. The Labute approximate surface area is 196 Å². The third-order valence-corrected chi connectivity index (χ3v) is 8.32. The van der Waals surface area contributed by atoms with Crippen molar-refractivity contribution in [1.29, 1.82) is 0 Å². The first-order valence-corrected chi connectivity index (χ1v) is 12.7. The molecule has 1 atom stereocenters. The van der Waals surface area contributed by atoms with Gasteiger partial charge in [-0.05, 0) is 38.1 Å². The van der Waals surface area contributed by atoms with Crippen molar-refractivity contribution in [2.75, 3.05) is 31.6 Å². The lowest BCUT2D eigenvalue weighted by molar-refractivity contribution is -0.115. The fraction of sp³-hybridized carbons (Fsp3) is 0.381. The Morgan fingerprint density at radius 1 is 1.21 bits per heavy atom. The normalized spacial score (nSPS) is 16.0. The first kappa shape index (κ1) is 23.5.